The van der Waals surface area contributed by atoms with Gasteiger partial charge in [0.15, 0.2) is 0 Å². The predicted molar refractivity (Wildman–Crippen MR) is 79.0 cm³/mol. The molecule has 2 rings (SSSR count). The van der Waals surface area contributed by atoms with E-state index in [1.165, 1.54) is 0 Å². The average Bonchev–Trinajstić information content (AvgIpc) is 2.96. The molecule has 110 valence electrons. The average molecular weight is 277 g/mol. The Balaban J connectivity index is 1.99. The Morgan fingerprint density at radius 3 is 3.10 bits per heavy atom. The molecule has 1 aliphatic rings. The highest BCUT2D eigenvalue weighted by Crippen LogP contribution is 2.16. The van der Waals surface area contributed by atoms with Crippen LogP contribution in [0.25, 0.3) is 0 Å². The van der Waals surface area contributed by atoms with Crippen LogP contribution in [0.4, 0.5) is 5.69 Å². The summed E-state index contributed by atoms with van der Waals surface area (Å²) in [6, 6.07) is 1.92. The van der Waals surface area contributed by atoms with E-state index in [-0.39, 0.29) is 5.91 Å². The van der Waals surface area contributed by atoms with Gasteiger partial charge < -0.3 is 15.4 Å². The van der Waals surface area contributed by atoms with Crippen molar-refractivity contribution in [1.29, 1.82) is 0 Å². The van der Waals surface area contributed by atoms with Crippen molar-refractivity contribution in [2.24, 2.45) is 5.92 Å². The summed E-state index contributed by atoms with van der Waals surface area (Å²) in [6.07, 6.45) is 3.68. The van der Waals surface area contributed by atoms with Crippen molar-refractivity contribution in [3.8, 4) is 0 Å². The number of hydrogen-bond acceptors (Lipinski definition) is 4. The van der Waals surface area contributed by atoms with Crippen molar-refractivity contribution in [1.82, 2.24) is 10.3 Å². The van der Waals surface area contributed by atoms with E-state index < -0.39 is 0 Å². The van der Waals surface area contributed by atoms with Gasteiger partial charge in [-0.05, 0) is 25.8 Å². The maximum absolute atomic E-state index is 12.3. The van der Waals surface area contributed by atoms with Gasteiger partial charge in [0.2, 0.25) is 0 Å². The Labute approximate surface area is 120 Å². The molecule has 1 aromatic rings. The van der Waals surface area contributed by atoms with E-state index in [0.29, 0.717) is 18.0 Å². The number of nitrogens with zero attached hydrogens (tertiary/aromatic N) is 1. The minimum atomic E-state index is -0.0667. The van der Waals surface area contributed by atoms with Crippen molar-refractivity contribution in [3.63, 3.8) is 0 Å². The van der Waals surface area contributed by atoms with Gasteiger partial charge in [-0.1, -0.05) is 6.92 Å². The molecule has 1 atom stereocenters. The van der Waals surface area contributed by atoms with Crippen LogP contribution in [-0.2, 0) is 4.74 Å². The molecule has 1 aromatic heterocycles. The van der Waals surface area contributed by atoms with Gasteiger partial charge in [0.1, 0.15) is 0 Å². The quantitative estimate of drug-likeness (QED) is 0.834. The first-order valence-electron chi connectivity index (χ1n) is 7.27. The van der Waals surface area contributed by atoms with Crippen LogP contribution in [0.1, 0.15) is 35.8 Å². The number of nitrogens with one attached hydrogen (secondary N) is 2. The topological polar surface area (TPSA) is 63.2 Å². The van der Waals surface area contributed by atoms with E-state index >= 15 is 0 Å². The highest BCUT2D eigenvalue weighted by molar-refractivity contribution is 5.99. The third-order valence-corrected chi connectivity index (χ3v) is 3.43. The summed E-state index contributed by atoms with van der Waals surface area (Å²) >= 11 is 0. The maximum atomic E-state index is 12.3. The molecule has 5 nitrogen and oxygen atoms in total. The summed E-state index contributed by atoms with van der Waals surface area (Å²) in [7, 11) is 0. The number of aromatic nitrogens is 1. The minimum Gasteiger partial charge on any atom is -0.384 e. The van der Waals surface area contributed by atoms with E-state index in [4.69, 9.17) is 4.74 Å². The van der Waals surface area contributed by atoms with Gasteiger partial charge in [0, 0.05) is 37.5 Å². The molecule has 0 aliphatic carbocycles. The van der Waals surface area contributed by atoms with Gasteiger partial charge in [-0.2, -0.15) is 0 Å². The molecule has 1 saturated heterocycles. The van der Waals surface area contributed by atoms with Crippen LogP contribution in [0.5, 0.6) is 0 Å². The third-order valence-electron chi connectivity index (χ3n) is 3.43. The highest BCUT2D eigenvalue weighted by atomic mass is 16.5. The number of carbonyl (C=O) groups is 1. The minimum absolute atomic E-state index is 0.0667. The molecule has 0 spiro atoms. The Kier molecular flexibility index (Phi) is 5.35. The summed E-state index contributed by atoms with van der Waals surface area (Å²) in [6.45, 7) is 7.08. The zero-order valence-corrected chi connectivity index (χ0v) is 12.2. The number of pyridine rings is 1. The number of carbonyl (C=O) groups excluding carboxylic acids is 1. The normalized spacial score (nSPS) is 18.0. The van der Waals surface area contributed by atoms with Crippen LogP contribution in [0.3, 0.4) is 0 Å². The predicted octanol–water partition coefficient (Wildman–Crippen LogP) is 1.98. The molecule has 0 aromatic carbocycles. The second-order valence-corrected chi connectivity index (χ2v) is 5.24. The van der Waals surface area contributed by atoms with Crippen LogP contribution in [0.15, 0.2) is 12.3 Å². The lowest BCUT2D eigenvalue weighted by Crippen LogP contribution is -2.30. The van der Waals surface area contributed by atoms with Gasteiger partial charge in [-0.3, -0.25) is 9.78 Å². The van der Waals surface area contributed by atoms with Crippen LogP contribution in [0, 0.1) is 12.8 Å². The van der Waals surface area contributed by atoms with E-state index in [1.54, 1.807) is 6.20 Å². The molecule has 0 saturated carbocycles. The standard InChI is InChI=1S/C15H23N3O2/c1-3-5-16-14-7-11(2)17-9-13(14)15(19)18-8-12-4-6-20-10-12/h7,9,12H,3-6,8,10H2,1-2H3,(H,16,17)(H,18,19). The van der Waals surface area contributed by atoms with Crippen LogP contribution >= 0.6 is 0 Å². The Morgan fingerprint density at radius 2 is 2.40 bits per heavy atom. The molecular formula is C15H23N3O2. The number of aryl methyl sites for hydroxylation is 1. The lowest BCUT2D eigenvalue weighted by molar-refractivity contribution is 0.0945. The fourth-order valence-electron chi connectivity index (χ4n) is 2.22. The number of rotatable bonds is 6. The molecule has 0 radical (unpaired) electrons. The first kappa shape index (κ1) is 14.8. The van der Waals surface area contributed by atoms with E-state index in [2.05, 4.69) is 22.5 Å². The lowest BCUT2D eigenvalue weighted by Gasteiger charge is -2.13. The number of amides is 1. The molecule has 5 heteroatoms. The number of ether oxygens (including phenoxy) is 1. The molecular weight excluding hydrogens is 254 g/mol. The molecule has 2 heterocycles. The molecule has 20 heavy (non-hydrogen) atoms. The van der Waals surface area contributed by atoms with E-state index in [0.717, 1.165) is 44.0 Å². The summed E-state index contributed by atoms with van der Waals surface area (Å²) in [4.78, 5) is 16.5. The van der Waals surface area contributed by atoms with Crippen molar-refractivity contribution >= 4 is 11.6 Å². The largest absolute Gasteiger partial charge is 0.384 e. The van der Waals surface area contributed by atoms with Crippen LogP contribution in [0.2, 0.25) is 0 Å². The van der Waals surface area contributed by atoms with Gasteiger partial charge in [-0.15, -0.1) is 0 Å². The summed E-state index contributed by atoms with van der Waals surface area (Å²) < 4.78 is 5.31. The molecule has 1 fully saturated rings. The van der Waals surface area contributed by atoms with E-state index in [1.807, 2.05) is 13.0 Å². The molecule has 1 amide bonds. The van der Waals surface area contributed by atoms with Crippen LogP contribution in [-0.4, -0.2) is 37.2 Å². The molecule has 2 N–H and O–H groups in total. The van der Waals surface area contributed by atoms with Crippen LogP contribution < -0.4 is 10.6 Å². The number of anilines is 1. The zero-order chi connectivity index (χ0) is 14.4. The summed E-state index contributed by atoms with van der Waals surface area (Å²) in [5, 5.41) is 6.27. The third kappa shape index (κ3) is 3.93. The van der Waals surface area contributed by atoms with Crippen molar-refractivity contribution in [2.75, 3.05) is 31.6 Å². The lowest BCUT2D eigenvalue weighted by atomic mass is 10.1. The highest BCUT2D eigenvalue weighted by Gasteiger charge is 2.18. The number of hydrogen-bond donors (Lipinski definition) is 2. The Hall–Kier alpha value is -1.62. The van der Waals surface area contributed by atoms with E-state index in [9.17, 15) is 4.79 Å². The molecule has 1 unspecified atom stereocenters. The maximum Gasteiger partial charge on any atom is 0.254 e. The van der Waals surface area contributed by atoms with Gasteiger partial charge in [-0.25, -0.2) is 0 Å². The monoisotopic (exact) mass is 277 g/mol. The Bertz CT molecular complexity index is 456. The zero-order valence-electron chi connectivity index (χ0n) is 12.2. The fraction of sp³-hybridized carbons (Fsp3) is 0.600. The fourth-order valence-corrected chi connectivity index (χ4v) is 2.22. The first-order chi connectivity index (χ1) is 9.70. The smallest absolute Gasteiger partial charge is 0.254 e. The van der Waals surface area contributed by atoms with Gasteiger partial charge in [0.25, 0.3) is 5.91 Å². The summed E-state index contributed by atoms with van der Waals surface area (Å²) in [5.41, 5.74) is 2.38. The molecule has 0 bridgehead atoms. The van der Waals surface area contributed by atoms with Gasteiger partial charge >= 0.3 is 0 Å². The van der Waals surface area contributed by atoms with Crippen molar-refractivity contribution < 1.29 is 9.53 Å². The SMILES string of the molecule is CCCNc1cc(C)ncc1C(=O)NCC1CCOC1. The molecule has 1 aliphatic heterocycles. The van der Waals surface area contributed by atoms with Crippen molar-refractivity contribution in [3.05, 3.63) is 23.5 Å². The first-order valence-corrected chi connectivity index (χ1v) is 7.27. The van der Waals surface area contributed by atoms with Crippen molar-refractivity contribution in [2.45, 2.75) is 26.7 Å². The van der Waals surface area contributed by atoms with Gasteiger partial charge in [0.05, 0.1) is 17.9 Å². The second-order valence-electron chi connectivity index (χ2n) is 5.24. The Morgan fingerprint density at radius 1 is 1.55 bits per heavy atom. The summed E-state index contributed by atoms with van der Waals surface area (Å²) in [5.74, 6) is 0.368. The second kappa shape index (κ2) is 7.24.